The van der Waals surface area contributed by atoms with Gasteiger partial charge in [-0.2, -0.15) is 0 Å². The summed E-state index contributed by atoms with van der Waals surface area (Å²) in [4.78, 5) is 24.7. The Hall–Kier alpha value is -2.97. The van der Waals surface area contributed by atoms with Crippen LogP contribution in [0.2, 0.25) is 0 Å². The molecule has 0 aromatic heterocycles. The van der Waals surface area contributed by atoms with Gasteiger partial charge in [-0.1, -0.05) is 18.2 Å². The van der Waals surface area contributed by atoms with E-state index in [0.29, 0.717) is 44.0 Å². The molecule has 2 aromatic rings. The third kappa shape index (κ3) is 6.05. The first-order valence-corrected chi connectivity index (χ1v) is 10.4. The van der Waals surface area contributed by atoms with E-state index in [9.17, 15) is 9.59 Å². The molecule has 32 heavy (non-hydrogen) atoms. The van der Waals surface area contributed by atoms with Crippen molar-refractivity contribution < 1.29 is 23.8 Å². The van der Waals surface area contributed by atoms with Gasteiger partial charge in [0.2, 0.25) is 5.91 Å². The Morgan fingerprint density at radius 1 is 0.969 bits per heavy atom. The molecule has 2 atom stereocenters. The highest BCUT2D eigenvalue weighted by atomic mass is 35.5. The summed E-state index contributed by atoms with van der Waals surface area (Å²) in [6.45, 7) is 1.61. The number of carbonyl (C=O) groups is 2. The fourth-order valence-corrected chi connectivity index (χ4v) is 3.70. The maximum absolute atomic E-state index is 12.5. The molecule has 0 radical (unpaired) electrons. The molecule has 5 aliphatic heterocycles. The van der Waals surface area contributed by atoms with E-state index in [1.165, 1.54) is 0 Å². The molecule has 0 saturated carbocycles. The largest absolute Gasteiger partial charge is 0.493 e. The monoisotopic (exact) mass is 461 g/mol. The van der Waals surface area contributed by atoms with Crippen molar-refractivity contribution in [2.24, 2.45) is 0 Å². The van der Waals surface area contributed by atoms with Crippen molar-refractivity contribution in [3.63, 3.8) is 0 Å². The van der Waals surface area contributed by atoms with Gasteiger partial charge in [-0.25, -0.2) is 0 Å². The smallest absolute Gasteiger partial charge is 0.258 e. The molecule has 7 rings (SSSR count). The van der Waals surface area contributed by atoms with Gasteiger partial charge >= 0.3 is 0 Å². The molecule has 0 spiro atoms. The summed E-state index contributed by atoms with van der Waals surface area (Å²) in [5.41, 5.74) is 1.90. The number of hydrogen-bond donors (Lipinski definition) is 3. The number of hydrogen-bond acceptors (Lipinski definition) is 6. The van der Waals surface area contributed by atoms with E-state index in [4.69, 9.17) is 14.2 Å². The molecule has 8 nitrogen and oxygen atoms in total. The van der Waals surface area contributed by atoms with Gasteiger partial charge in [0, 0.05) is 26.1 Å². The van der Waals surface area contributed by atoms with Crippen LogP contribution in [0, 0.1) is 0 Å². The highest BCUT2D eigenvalue weighted by Crippen LogP contribution is 2.28. The first-order chi connectivity index (χ1) is 15.1. The maximum atomic E-state index is 12.5. The number of amides is 2. The third-order valence-electron chi connectivity index (χ3n) is 5.43. The van der Waals surface area contributed by atoms with Crippen molar-refractivity contribution in [3.05, 3.63) is 53.6 Å². The summed E-state index contributed by atoms with van der Waals surface area (Å²) in [5, 5.41) is 9.21. The predicted molar refractivity (Wildman–Crippen MR) is 122 cm³/mol. The number of rotatable bonds is 1. The Morgan fingerprint density at radius 3 is 2.53 bits per heavy atom. The minimum absolute atomic E-state index is 0. The summed E-state index contributed by atoms with van der Waals surface area (Å²) in [7, 11) is 1.55. The molecule has 1 saturated heterocycles. The molecule has 172 valence electrons. The number of benzene rings is 2. The Labute approximate surface area is 193 Å². The van der Waals surface area contributed by atoms with Crippen LogP contribution in [0.25, 0.3) is 0 Å². The second-order valence-corrected chi connectivity index (χ2v) is 7.68. The summed E-state index contributed by atoms with van der Waals surface area (Å²) in [6, 6.07) is 13.0. The van der Waals surface area contributed by atoms with Crippen LogP contribution in [-0.4, -0.2) is 50.8 Å². The molecule has 0 aliphatic carbocycles. The maximum Gasteiger partial charge on any atom is 0.258 e. The molecule has 2 amide bonds. The first kappa shape index (κ1) is 23.7. The molecule has 4 bridgehead atoms. The average molecular weight is 462 g/mol. The number of ether oxygens (including phenoxy) is 3. The van der Waals surface area contributed by atoms with Crippen LogP contribution in [0.5, 0.6) is 17.2 Å². The van der Waals surface area contributed by atoms with E-state index >= 15 is 0 Å². The molecule has 0 unspecified atom stereocenters. The zero-order valence-corrected chi connectivity index (χ0v) is 18.7. The molecule has 1 fully saturated rings. The van der Waals surface area contributed by atoms with Gasteiger partial charge in [-0.15, -0.1) is 12.4 Å². The van der Waals surface area contributed by atoms with Gasteiger partial charge in [0.15, 0.2) is 18.1 Å². The standard InChI is InChI=1S/C23H27N3O5.ClH/c1-29-20-10-15-4-8-19(20)30-14-23(28)25-11-16-2-6-17(7-3-16)31-21-13-24-12-18(21)26-22(27)9-5-15;/h2-4,6-8,10,18,21,24H,5,9,11-14H2,1H3,(H,25,28)(H,26,27);1H/t18-,21-;/m0./s1. The number of nitrogens with one attached hydrogen (secondary N) is 3. The topological polar surface area (TPSA) is 97.9 Å². The molecule has 3 N–H and O–H groups in total. The number of carbonyl (C=O) groups excluding carboxylic acids is 2. The lowest BCUT2D eigenvalue weighted by atomic mass is 10.1. The summed E-state index contributed by atoms with van der Waals surface area (Å²) >= 11 is 0. The van der Waals surface area contributed by atoms with E-state index < -0.39 is 0 Å². The summed E-state index contributed by atoms with van der Waals surface area (Å²) < 4.78 is 17.1. The second kappa shape index (κ2) is 11.1. The Kier molecular flexibility index (Phi) is 8.19. The van der Waals surface area contributed by atoms with Crippen LogP contribution < -0.4 is 30.2 Å². The molecule has 9 heteroatoms. The van der Waals surface area contributed by atoms with Crippen molar-refractivity contribution in [2.75, 3.05) is 26.8 Å². The lowest BCUT2D eigenvalue weighted by Crippen LogP contribution is -2.45. The van der Waals surface area contributed by atoms with Crippen molar-refractivity contribution in [1.82, 2.24) is 16.0 Å². The molecular weight excluding hydrogens is 434 g/mol. The molecule has 5 heterocycles. The van der Waals surface area contributed by atoms with Crippen molar-refractivity contribution in [2.45, 2.75) is 31.5 Å². The minimum atomic E-state index is -0.225. The number of aryl methyl sites for hydroxylation is 1. The highest BCUT2D eigenvalue weighted by molar-refractivity contribution is 5.85. The second-order valence-electron chi connectivity index (χ2n) is 7.68. The van der Waals surface area contributed by atoms with Gasteiger partial charge in [0.25, 0.3) is 5.91 Å². The zero-order chi connectivity index (χ0) is 21.6. The van der Waals surface area contributed by atoms with Crippen LogP contribution in [0.3, 0.4) is 0 Å². The van der Waals surface area contributed by atoms with Gasteiger partial charge in [-0.3, -0.25) is 9.59 Å². The zero-order valence-electron chi connectivity index (χ0n) is 17.9. The Bertz CT molecular complexity index is 938. The quantitative estimate of drug-likeness (QED) is 0.596. The van der Waals surface area contributed by atoms with Crippen LogP contribution in [0.1, 0.15) is 17.5 Å². The normalized spacial score (nSPS) is 21.3. The van der Waals surface area contributed by atoms with E-state index in [1.807, 2.05) is 36.4 Å². The first-order valence-electron chi connectivity index (χ1n) is 10.4. The van der Waals surface area contributed by atoms with Gasteiger partial charge in [0.05, 0.1) is 13.2 Å². The number of methoxy groups -OCH3 is 1. The van der Waals surface area contributed by atoms with E-state index in [-0.39, 0.29) is 43.0 Å². The number of halogens is 1. The SMILES string of the molecule is COc1cc2ccc1OCC(=O)NCc1ccc(cc1)O[C@H]1CNC[C@@H]1NC(=O)CC2.Cl. The lowest BCUT2D eigenvalue weighted by Gasteiger charge is -2.22. The molecule has 5 aliphatic rings. The van der Waals surface area contributed by atoms with E-state index in [1.54, 1.807) is 13.2 Å². The van der Waals surface area contributed by atoms with Crippen molar-refractivity contribution in [1.29, 1.82) is 0 Å². The predicted octanol–water partition coefficient (Wildman–Crippen LogP) is 1.59. The highest BCUT2D eigenvalue weighted by Gasteiger charge is 2.30. The Morgan fingerprint density at radius 2 is 1.75 bits per heavy atom. The van der Waals surface area contributed by atoms with Crippen LogP contribution in [-0.2, 0) is 22.6 Å². The fraction of sp³-hybridized carbons (Fsp3) is 0.391. The van der Waals surface area contributed by atoms with Gasteiger partial charge < -0.3 is 30.2 Å². The fourth-order valence-electron chi connectivity index (χ4n) is 3.70. The van der Waals surface area contributed by atoms with Crippen LogP contribution >= 0.6 is 12.4 Å². The van der Waals surface area contributed by atoms with Crippen molar-refractivity contribution in [3.8, 4) is 17.2 Å². The van der Waals surface area contributed by atoms with E-state index in [0.717, 1.165) is 16.9 Å². The third-order valence-corrected chi connectivity index (χ3v) is 5.43. The summed E-state index contributed by atoms with van der Waals surface area (Å²) in [5.74, 6) is 1.50. The van der Waals surface area contributed by atoms with E-state index in [2.05, 4.69) is 16.0 Å². The molecular formula is C23H28ClN3O5. The van der Waals surface area contributed by atoms with Gasteiger partial charge in [-0.05, 0) is 41.8 Å². The minimum Gasteiger partial charge on any atom is -0.493 e. The Balaban J connectivity index is 0.00000289. The average Bonchev–Trinajstić information content (AvgIpc) is 3.21. The van der Waals surface area contributed by atoms with Crippen LogP contribution in [0.4, 0.5) is 0 Å². The summed E-state index contributed by atoms with van der Waals surface area (Å²) in [6.07, 6.45) is 0.774. The van der Waals surface area contributed by atoms with Gasteiger partial charge in [0.1, 0.15) is 11.9 Å². The lowest BCUT2D eigenvalue weighted by molar-refractivity contribution is -0.123. The molecule has 2 aromatic carbocycles. The van der Waals surface area contributed by atoms with Crippen LogP contribution in [0.15, 0.2) is 42.5 Å². The van der Waals surface area contributed by atoms with Crippen molar-refractivity contribution >= 4 is 24.2 Å².